The van der Waals surface area contributed by atoms with Crippen LogP contribution in [0.5, 0.6) is 0 Å². The first-order chi connectivity index (χ1) is 8.77. The topological polar surface area (TPSA) is 41.1 Å². The fourth-order valence-corrected chi connectivity index (χ4v) is 2.77. The summed E-state index contributed by atoms with van der Waals surface area (Å²) in [5, 5.41) is 6.38. The molecule has 0 aromatic heterocycles. The lowest BCUT2D eigenvalue weighted by Gasteiger charge is -2.22. The van der Waals surface area contributed by atoms with E-state index in [1.807, 2.05) is 24.3 Å². The van der Waals surface area contributed by atoms with Crippen molar-refractivity contribution in [1.82, 2.24) is 10.6 Å². The molecule has 0 bridgehead atoms. The molecule has 2 rings (SSSR count). The standard InChI is InChI=1S/C14H19BrN2O/c15-13-6-2-1-5-12(13)14(18)17-9-7-11-4-3-8-16-10-11/h1-2,5-6,11,16H,3-4,7-10H2,(H,17,18). The molecule has 1 heterocycles. The molecular formula is C14H19BrN2O. The van der Waals surface area contributed by atoms with E-state index in [0.29, 0.717) is 11.5 Å². The lowest BCUT2D eigenvalue weighted by molar-refractivity contribution is 0.0950. The van der Waals surface area contributed by atoms with Crippen LogP contribution in [-0.4, -0.2) is 25.5 Å². The monoisotopic (exact) mass is 310 g/mol. The molecule has 1 amide bonds. The average Bonchev–Trinajstić information content (AvgIpc) is 2.40. The normalized spacial score (nSPS) is 19.5. The van der Waals surface area contributed by atoms with Crippen molar-refractivity contribution in [3.63, 3.8) is 0 Å². The second kappa shape index (κ2) is 6.90. The first-order valence-corrected chi connectivity index (χ1v) is 7.30. The summed E-state index contributed by atoms with van der Waals surface area (Å²) in [6.07, 6.45) is 3.59. The second-order valence-electron chi connectivity index (χ2n) is 4.74. The van der Waals surface area contributed by atoms with E-state index in [2.05, 4.69) is 26.6 Å². The van der Waals surface area contributed by atoms with Crippen molar-refractivity contribution in [1.29, 1.82) is 0 Å². The fourth-order valence-electron chi connectivity index (χ4n) is 2.30. The summed E-state index contributed by atoms with van der Waals surface area (Å²) in [4.78, 5) is 12.0. The highest BCUT2D eigenvalue weighted by molar-refractivity contribution is 9.10. The van der Waals surface area contributed by atoms with E-state index in [0.717, 1.165) is 30.5 Å². The number of carbonyl (C=O) groups excluding carboxylic acids is 1. The molecule has 1 aliphatic heterocycles. The van der Waals surface area contributed by atoms with Gasteiger partial charge in [0.15, 0.2) is 0 Å². The molecule has 1 atom stereocenters. The van der Waals surface area contributed by atoms with E-state index in [4.69, 9.17) is 0 Å². The Hall–Kier alpha value is -0.870. The first-order valence-electron chi connectivity index (χ1n) is 6.51. The van der Waals surface area contributed by atoms with Crippen LogP contribution in [0.1, 0.15) is 29.6 Å². The number of halogens is 1. The molecule has 3 nitrogen and oxygen atoms in total. The first kappa shape index (κ1) is 13.6. The number of piperidine rings is 1. The van der Waals surface area contributed by atoms with Crippen molar-refractivity contribution in [2.24, 2.45) is 5.92 Å². The fraction of sp³-hybridized carbons (Fsp3) is 0.500. The van der Waals surface area contributed by atoms with E-state index in [9.17, 15) is 4.79 Å². The van der Waals surface area contributed by atoms with E-state index in [1.54, 1.807) is 0 Å². The Morgan fingerprint density at radius 1 is 1.44 bits per heavy atom. The van der Waals surface area contributed by atoms with Crippen LogP contribution in [0.2, 0.25) is 0 Å². The summed E-state index contributed by atoms with van der Waals surface area (Å²) in [6.45, 7) is 2.98. The summed E-state index contributed by atoms with van der Waals surface area (Å²) < 4.78 is 0.849. The molecule has 1 aromatic rings. The maximum absolute atomic E-state index is 12.0. The summed E-state index contributed by atoms with van der Waals surface area (Å²) >= 11 is 3.39. The van der Waals surface area contributed by atoms with E-state index in [-0.39, 0.29) is 5.91 Å². The van der Waals surface area contributed by atoms with Gasteiger partial charge in [-0.2, -0.15) is 0 Å². The molecule has 1 fully saturated rings. The van der Waals surface area contributed by atoms with Crippen LogP contribution in [0.25, 0.3) is 0 Å². The minimum atomic E-state index is 0.00578. The Kier molecular flexibility index (Phi) is 5.20. The quantitative estimate of drug-likeness (QED) is 0.897. The molecule has 0 aliphatic carbocycles. The van der Waals surface area contributed by atoms with Gasteiger partial charge in [-0.1, -0.05) is 12.1 Å². The number of hydrogen-bond donors (Lipinski definition) is 2. The molecule has 0 saturated carbocycles. The van der Waals surface area contributed by atoms with Crippen molar-refractivity contribution in [2.45, 2.75) is 19.3 Å². The van der Waals surface area contributed by atoms with Gasteiger partial charge in [0.2, 0.25) is 0 Å². The van der Waals surface area contributed by atoms with Crippen LogP contribution in [0.4, 0.5) is 0 Å². The number of nitrogens with one attached hydrogen (secondary N) is 2. The molecule has 2 N–H and O–H groups in total. The van der Waals surface area contributed by atoms with Gasteiger partial charge in [-0.25, -0.2) is 0 Å². The van der Waals surface area contributed by atoms with Gasteiger partial charge in [0.25, 0.3) is 5.91 Å². The smallest absolute Gasteiger partial charge is 0.252 e. The number of rotatable bonds is 4. The number of hydrogen-bond acceptors (Lipinski definition) is 2. The van der Waals surface area contributed by atoms with Gasteiger partial charge < -0.3 is 10.6 Å². The molecule has 1 saturated heterocycles. The third kappa shape index (κ3) is 3.82. The van der Waals surface area contributed by atoms with Crippen molar-refractivity contribution >= 4 is 21.8 Å². The predicted octanol–water partition coefficient (Wildman–Crippen LogP) is 2.57. The van der Waals surface area contributed by atoms with Gasteiger partial charge >= 0.3 is 0 Å². The maximum atomic E-state index is 12.0. The summed E-state index contributed by atoms with van der Waals surface area (Å²) in [5.41, 5.74) is 0.708. The van der Waals surface area contributed by atoms with Gasteiger partial charge in [-0.3, -0.25) is 4.79 Å². The summed E-state index contributed by atoms with van der Waals surface area (Å²) in [5.74, 6) is 0.713. The molecule has 0 spiro atoms. The number of benzene rings is 1. The zero-order valence-corrected chi connectivity index (χ0v) is 12.0. The van der Waals surface area contributed by atoms with Crippen molar-refractivity contribution < 1.29 is 4.79 Å². The highest BCUT2D eigenvalue weighted by atomic mass is 79.9. The van der Waals surface area contributed by atoms with Crippen molar-refractivity contribution in [3.8, 4) is 0 Å². The second-order valence-corrected chi connectivity index (χ2v) is 5.59. The van der Waals surface area contributed by atoms with Crippen molar-refractivity contribution in [3.05, 3.63) is 34.3 Å². The van der Waals surface area contributed by atoms with Gasteiger partial charge in [-0.15, -0.1) is 0 Å². The van der Waals surface area contributed by atoms with Crippen LogP contribution in [0, 0.1) is 5.92 Å². The largest absolute Gasteiger partial charge is 0.352 e. The average molecular weight is 311 g/mol. The van der Waals surface area contributed by atoms with Crippen LogP contribution in [-0.2, 0) is 0 Å². The molecule has 1 unspecified atom stereocenters. The summed E-state index contributed by atoms with van der Waals surface area (Å²) in [6, 6.07) is 7.51. The zero-order valence-electron chi connectivity index (χ0n) is 10.4. The third-order valence-corrected chi connectivity index (χ3v) is 4.05. The number of carbonyl (C=O) groups is 1. The molecule has 0 radical (unpaired) electrons. The number of amides is 1. The zero-order chi connectivity index (χ0) is 12.8. The Labute approximate surface area is 116 Å². The maximum Gasteiger partial charge on any atom is 0.252 e. The minimum absolute atomic E-state index is 0.00578. The summed E-state index contributed by atoms with van der Waals surface area (Å²) in [7, 11) is 0. The molecule has 18 heavy (non-hydrogen) atoms. The highest BCUT2D eigenvalue weighted by Crippen LogP contribution is 2.16. The predicted molar refractivity (Wildman–Crippen MR) is 76.7 cm³/mol. The van der Waals surface area contributed by atoms with Crippen LogP contribution in [0.3, 0.4) is 0 Å². The molecule has 1 aromatic carbocycles. The minimum Gasteiger partial charge on any atom is -0.352 e. The Morgan fingerprint density at radius 3 is 3.00 bits per heavy atom. The van der Waals surface area contributed by atoms with Gasteiger partial charge in [0.1, 0.15) is 0 Å². The van der Waals surface area contributed by atoms with Crippen LogP contribution >= 0.6 is 15.9 Å². The van der Waals surface area contributed by atoms with E-state index in [1.165, 1.54) is 12.8 Å². The Morgan fingerprint density at radius 2 is 2.28 bits per heavy atom. The molecule has 4 heteroatoms. The van der Waals surface area contributed by atoms with Gasteiger partial charge in [-0.05, 0) is 66.3 Å². The highest BCUT2D eigenvalue weighted by Gasteiger charge is 2.13. The van der Waals surface area contributed by atoms with Crippen LogP contribution in [0.15, 0.2) is 28.7 Å². The van der Waals surface area contributed by atoms with Gasteiger partial charge in [0.05, 0.1) is 5.56 Å². The van der Waals surface area contributed by atoms with Gasteiger partial charge in [0, 0.05) is 11.0 Å². The lowest BCUT2D eigenvalue weighted by atomic mass is 9.96. The van der Waals surface area contributed by atoms with Crippen LogP contribution < -0.4 is 10.6 Å². The lowest BCUT2D eigenvalue weighted by Crippen LogP contribution is -2.33. The van der Waals surface area contributed by atoms with E-state index >= 15 is 0 Å². The molecule has 1 aliphatic rings. The molecular weight excluding hydrogens is 292 g/mol. The van der Waals surface area contributed by atoms with Crippen molar-refractivity contribution in [2.75, 3.05) is 19.6 Å². The SMILES string of the molecule is O=C(NCCC1CCCNC1)c1ccccc1Br. The molecule has 98 valence electrons. The third-order valence-electron chi connectivity index (χ3n) is 3.36. The Bertz CT molecular complexity index is 403. The Balaban J connectivity index is 1.76. The van der Waals surface area contributed by atoms with E-state index < -0.39 is 0 Å².